The molecule has 17 heavy (non-hydrogen) atoms. The molecule has 0 bridgehead atoms. The van der Waals surface area contributed by atoms with E-state index in [0.29, 0.717) is 23.3 Å². The second-order valence-corrected chi connectivity index (χ2v) is 6.72. The number of rotatable bonds is 6. The summed E-state index contributed by atoms with van der Waals surface area (Å²) in [5.74, 6) is 0.258. The highest BCUT2D eigenvalue weighted by molar-refractivity contribution is 8.76. The Balaban J connectivity index is 2.47. The fourth-order valence-corrected chi connectivity index (χ4v) is 3.44. The minimum absolute atomic E-state index is 0.238. The summed E-state index contributed by atoms with van der Waals surface area (Å²) in [7, 11) is 3.47. The molecular formula is C13H18O2S2. The lowest BCUT2D eigenvalue weighted by Gasteiger charge is -2.18. The van der Waals surface area contributed by atoms with Crippen molar-refractivity contribution in [2.24, 2.45) is 5.92 Å². The van der Waals surface area contributed by atoms with Crippen LogP contribution in [0.15, 0.2) is 30.3 Å². The van der Waals surface area contributed by atoms with Crippen LogP contribution in [-0.2, 0) is 4.74 Å². The van der Waals surface area contributed by atoms with Gasteiger partial charge < -0.3 is 4.74 Å². The van der Waals surface area contributed by atoms with Crippen LogP contribution in [0.5, 0.6) is 0 Å². The van der Waals surface area contributed by atoms with Crippen molar-refractivity contribution in [1.82, 2.24) is 0 Å². The molecule has 0 spiro atoms. The van der Waals surface area contributed by atoms with E-state index in [2.05, 4.69) is 13.8 Å². The number of carbonyl (C=O) groups excluding carboxylic acids is 1. The van der Waals surface area contributed by atoms with Gasteiger partial charge >= 0.3 is 5.97 Å². The van der Waals surface area contributed by atoms with Gasteiger partial charge in [-0.2, -0.15) is 0 Å². The summed E-state index contributed by atoms with van der Waals surface area (Å²) < 4.78 is 5.33. The van der Waals surface area contributed by atoms with E-state index in [-0.39, 0.29) is 5.97 Å². The molecule has 1 aromatic rings. The van der Waals surface area contributed by atoms with E-state index in [1.807, 2.05) is 24.5 Å². The minimum atomic E-state index is -0.238. The first-order valence-corrected chi connectivity index (χ1v) is 8.19. The lowest BCUT2D eigenvalue weighted by molar-refractivity contribution is 0.0495. The van der Waals surface area contributed by atoms with Gasteiger partial charge in [-0.25, -0.2) is 4.79 Å². The van der Waals surface area contributed by atoms with Crippen molar-refractivity contribution in [3.05, 3.63) is 35.9 Å². The molecule has 0 N–H and O–H groups in total. The molecule has 1 rings (SSSR count). The summed E-state index contributed by atoms with van der Waals surface area (Å²) >= 11 is 0. The molecule has 0 saturated heterocycles. The van der Waals surface area contributed by atoms with Gasteiger partial charge in [-0.15, -0.1) is 0 Å². The Labute approximate surface area is 111 Å². The maximum absolute atomic E-state index is 11.7. The maximum atomic E-state index is 11.7. The Morgan fingerprint density at radius 3 is 2.47 bits per heavy atom. The topological polar surface area (TPSA) is 26.3 Å². The summed E-state index contributed by atoms with van der Waals surface area (Å²) in [6, 6.07) is 9.11. The lowest BCUT2D eigenvalue weighted by atomic mass is 10.1. The van der Waals surface area contributed by atoms with Gasteiger partial charge in [0.1, 0.15) is 6.61 Å². The van der Waals surface area contributed by atoms with Crippen LogP contribution in [0.1, 0.15) is 24.2 Å². The zero-order valence-electron chi connectivity index (χ0n) is 10.4. The molecule has 94 valence electrons. The van der Waals surface area contributed by atoms with Crippen molar-refractivity contribution in [3.8, 4) is 0 Å². The number of benzene rings is 1. The summed E-state index contributed by atoms with van der Waals surface area (Å²) in [6.45, 7) is 4.76. The van der Waals surface area contributed by atoms with Crippen molar-refractivity contribution >= 4 is 27.6 Å². The van der Waals surface area contributed by atoms with Gasteiger partial charge in [-0.3, -0.25) is 0 Å². The molecule has 0 amide bonds. The molecule has 1 unspecified atom stereocenters. The second kappa shape index (κ2) is 7.67. The summed E-state index contributed by atoms with van der Waals surface area (Å²) in [6.07, 6.45) is 2.04. The van der Waals surface area contributed by atoms with E-state index in [1.165, 1.54) is 0 Å². The summed E-state index contributed by atoms with van der Waals surface area (Å²) in [5.41, 5.74) is 0.615. The van der Waals surface area contributed by atoms with E-state index in [9.17, 15) is 4.79 Å². The molecule has 1 atom stereocenters. The molecule has 0 aliphatic heterocycles. The van der Waals surface area contributed by atoms with Gasteiger partial charge in [0.25, 0.3) is 0 Å². The van der Waals surface area contributed by atoms with Crippen LogP contribution in [-0.4, -0.2) is 24.1 Å². The van der Waals surface area contributed by atoms with Gasteiger partial charge in [-0.1, -0.05) is 53.6 Å². The molecule has 1 aromatic carbocycles. The van der Waals surface area contributed by atoms with Crippen molar-refractivity contribution in [2.75, 3.05) is 12.9 Å². The molecule has 0 aliphatic rings. The molecule has 0 saturated carbocycles. The standard InChI is InChI=1S/C13H18O2S2/c1-10(2)12(17-16-3)9-15-13(14)11-7-5-4-6-8-11/h4-8,10,12H,9H2,1-3H3. The van der Waals surface area contributed by atoms with Crippen molar-refractivity contribution < 1.29 is 9.53 Å². The van der Waals surface area contributed by atoms with E-state index in [4.69, 9.17) is 4.74 Å². The Kier molecular flexibility index (Phi) is 6.52. The predicted molar refractivity (Wildman–Crippen MR) is 76.5 cm³/mol. The SMILES string of the molecule is CSSC(COC(=O)c1ccccc1)C(C)C. The van der Waals surface area contributed by atoms with Crippen LogP contribution in [0.4, 0.5) is 0 Å². The smallest absolute Gasteiger partial charge is 0.338 e. The van der Waals surface area contributed by atoms with Gasteiger partial charge in [0.05, 0.1) is 10.8 Å². The first-order chi connectivity index (χ1) is 8.15. The fourth-order valence-electron chi connectivity index (χ4n) is 1.27. The largest absolute Gasteiger partial charge is 0.461 e. The molecule has 0 aliphatic carbocycles. The van der Waals surface area contributed by atoms with Crippen LogP contribution in [0.25, 0.3) is 0 Å². The molecule has 4 heteroatoms. The third-order valence-electron chi connectivity index (χ3n) is 2.35. The lowest BCUT2D eigenvalue weighted by Crippen LogP contribution is -2.20. The highest BCUT2D eigenvalue weighted by Crippen LogP contribution is 2.29. The monoisotopic (exact) mass is 270 g/mol. The first kappa shape index (κ1) is 14.5. The molecule has 0 fully saturated rings. The molecular weight excluding hydrogens is 252 g/mol. The minimum Gasteiger partial charge on any atom is -0.461 e. The Morgan fingerprint density at radius 2 is 1.94 bits per heavy atom. The van der Waals surface area contributed by atoms with Crippen molar-refractivity contribution in [3.63, 3.8) is 0 Å². The van der Waals surface area contributed by atoms with Crippen LogP contribution >= 0.6 is 21.6 Å². The Morgan fingerprint density at radius 1 is 1.29 bits per heavy atom. The Bertz CT molecular complexity index is 339. The third kappa shape index (κ3) is 5.04. The van der Waals surface area contributed by atoms with Gasteiger partial charge in [-0.05, 0) is 24.3 Å². The zero-order chi connectivity index (χ0) is 12.7. The second-order valence-electron chi connectivity index (χ2n) is 4.01. The first-order valence-electron chi connectivity index (χ1n) is 5.56. The highest BCUT2D eigenvalue weighted by Gasteiger charge is 2.16. The van der Waals surface area contributed by atoms with E-state index < -0.39 is 0 Å². The van der Waals surface area contributed by atoms with Gasteiger partial charge in [0.15, 0.2) is 0 Å². The summed E-state index contributed by atoms with van der Waals surface area (Å²) in [5, 5.41) is 0.345. The van der Waals surface area contributed by atoms with E-state index in [0.717, 1.165) is 0 Å². The third-order valence-corrected chi connectivity index (χ3v) is 4.79. The molecule has 0 radical (unpaired) electrons. The predicted octanol–water partition coefficient (Wildman–Crippen LogP) is 3.88. The quantitative estimate of drug-likeness (QED) is 0.579. The van der Waals surface area contributed by atoms with Gasteiger partial charge in [0, 0.05) is 0 Å². The zero-order valence-corrected chi connectivity index (χ0v) is 12.0. The van der Waals surface area contributed by atoms with E-state index >= 15 is 0 Å². The van der Waals surface area contributed by atoms with Crippen molar-refractivity contribution in [2.45, 2.75) is 19.1 Å². The normalized spacial score (nSPS) is 12.5. The average molecular weight is 270 g/mol. The average Bonchev–Trinajstić information content (AvgIpc) is 2.34. The maximum Gasteiger partial charge on any atom is 0.338 e. The highest BCUT2D eigenvalue weighted by atomic mass is 33.1. The van der Waals surface area contributed by atoms with Crippen LogP contribution < -0.4 is 0 Å². The molecule has 0 aromatic heterocycles. The number of hydrogen-bond acceptors (Lipinski definition) is 4. The number of hydrogen-bond donors (Lipinski definition) is 0. The number of ether oxygens (including phenoxy) is 1. The number of carbonyl (C=O) groups is 1. The van der Waals surface area contributed by atoms with E-state index in [1.54, 1.807) is 33.7 Å². The van der Waals surface area contributed by atoms with Crippen LogP contribution in [0.3, 0.4) is 0 Å². The summed E-state index contributed by atoms with van der Waals surface area (Å²) in [4.78, 5) is 11.7. The molecule has 0 heterocycles. The van der Waals surface area contributed by atoms with Crippen LogP contribution in [0.2, 0.25) is 0 Å². The Hall–Kier alpha value is -0.610. The molecule has 2 nitrogen and oxygen atoms in total. The fraction of sp³-hybridized carbons (Fsp3) is 0.462. The number of esters is 1. The van der Waals surface area contributed by atoms with Gasteiger partial charge in [0.2, 0.25) is 0 Å². The van der Waals surface area contributed by atoms with Crippen LogP contribution in [0, 0.1) is 5.92 Å². The van der Waals surface area contributed by atoms with Crippen molar-refractivity contribution in [1.29, 1.82) is 0 Å².